The highest BCUT2D eigenvalue weighted by Crippen LogP contribution is 2.30. The van der Waals surface area contributed by atoms with Gasteiger partial charge in [0.1, 0.15) is 97.4 Å². The third kappa shape index (κ3) is 43.9. The smallest absolute Gasteiger partial charge is 0.222 e. The number of likely N-dealkylation sites (tertiary alicyclic amines) is 1. The standard InChI is InChI=1S/C85H152N12O32/c1-53(101)92-70-77(116)74(113)59(48-98)127-83(70)123-40-23-14-26-63(106)87-36-18-20-38-89-65(108)30-43-120-52-62-80(121-44-31-66(109)90-35-17-16-33-86-34-22-25-42-125-85-72(94-55(3)103)79(118)76(115)61(50-100)129-85)81(73(95-56(4)104)82(126-62)96-68(111)28-12-10-8-6-7-9-11-13-29-69(112)97-47-58(105)46-57(97)51-119-5)122-45-32-67(110)91-39-21-19-37-88-64(107)27-15-24-41-124-84-71(93-54(2)102)78(117)75(114)60(49-99)128-84/h57-62,70-86,98-100,105,113-118H,6-52H2,1-5H3,(H,87,106)(H,88,107)(H,89,108)(H,90,109)(H,91,110)(H,92,101)(H,93,102)(H,94,103)(H,95,104)(H,96,111)/t57-,58+,59+,60+,61+,62+,70+,71+,72+,73+,74-,75-,76-,77+,78+,79+,80+,81+,82+,83+,84+,85+/m0/s1. The largest absolute Gasteiger partial charge is 0.394 e. The normalized spacial score (nSPS) is 27.4. The maximum atomic E-state index is 14.0. The molecular formula is C85H152N12O32. The molecule has 5 aliphatic rings. The first-order chi connectivity index (χ1) is 62.0. The van der Waals surface area contributed by atoms with Gasteiger partial charge in [0.05, 0.1) is 65.0 Å². The van der Waals surface area contributed by atoms with Crippen molar-refractivity contribution in [3.8, 4) is 0 Å². The molecule has 0 aliphatic carbocycles. The van der Waals surface area contributed by atoms with Gasteiger partial charge in [0.25, 0.3) is 0 Å². The fraction of sp³-hybridized carbons (Fsp3) is 0.871. The minimum Gasteiger partial charge on any atom is -0.394 e. The first-order valence-corrected chi connectivity index (χ1v) is 46.1. The molecule has 5 fully saturated rings. The third-order valence-electron chi connectivity index (χ3n) is 22.6. The fourth-order valence-corrected chi connectivity index (χ4v) is 15.6. The number of ether oxygens (including phenoxy) is 11. The minimum atomic E-state index is -1.46. The van der Waals surface area contributed by atoms with E-state index in [-0.39, 0.29) is 133 Å². The van der Waals surface area contributed by atoms with Crippen LogP contribution in [0.25, 0.3) is 0 Å². The molecule has 0 unspecified atom stereocenters. The molecule has 0 aromatic rings. The molecule has 21 N–H and O–H groups in total. The highest BCUT2D eigenvalue weighted by atomic mass is 16.7. The van der Waals surface area contributed by atoms with Crippen LogP contribution in [-0.4, -0.2) is 388 Å². The zero-order valence-corrected chi connectivity index (χ0v) is 75.8. The lowest BCUT2D eigenvalue weighted by atomic mass is 9.94. The molecule has 22 atom stereocenters. The lowest BCUT2D eigenvalue weighted by molar-refractivity contribution is -0.270. The number of carbonyl (C=O) groups is 11. The SMILES string of the molecule is COC[C@@H]1C[C@@H](O)CN1C(=O)CCCCCCCCCCC(=O)N[C@@H]1O[C@H](COCCC(=O)NCCCCNC(=O)CCCCO[C@@H]2O[C@H](CO)[C@H](O)[C@H](O)[C@H]2NC(C)=O)[C@@H](OCCC(=O)NCCCCNCCCCO[C@@H]2O[C@H](CO)[C@H](O)[C@H](O)[C@H]2NC(C)=O)[C@H](OCCC(=O)NCCCCNC(=O)CCCCO[C@@H]2O[C@H](CO)[C@H](O)[C@H](O)[C@H]2NC(C)=O)[C@H]1NC(C)=O. The van der Waals surface area contributed by atoms with Gasteiger partial charge in [0.2, 0.25) is 65.0 Å². The molecule has 44 heteroatoms. The number of aliphatic hydroxyl groups excluding tert-OH is 10. The number of hydrogen-bond acceptors (Lipinski definition) is 33. The Morgan fingerprint density at radius 2 is 0.674 bits per heavy atom. The average Bonchev–Trinajstić information content (AvgIpc) is 1.57. The van der Waals surface area contributed by atoms with Gasteiger partial charge < -0.3 is 167 Å². The van der Waals surface area contributed by atoms with Crippen molar-refractivity contribution in [1.29, 1.82) is 0 Å². The van der Waals surface area contributed by atoms with Crippen molar-refractivity contribution in [1.82, 2.24) is 63.4 Å². The molecular weight excluding hydrogens is 1700 g/mol. The average molecular weight is 1850 g/mol. The number of hydrogen-bond donors (Lipinski definition) is 21. The van der Waals surface area contributed by atoms with Crippen molar-refractivity contribution in [2.75, 3.05) is 132 Å². The van der Waals surface area contributed by atoms with Crippen LogP contribution >= 0.6 is 0 Å². The molecule has 5 saturated heterocycles. The van der Waals surface area contributed by atoms with E-state index in [9.17, 15) is 104 Å². The van der Waals surface area contributed by atoms with E-state index in [0.29, 0.717) is 142 Å². The Hall–Kier alpha value is -6.71. The van der Waals surface area contributed by atoms with Crippen LogP contribution in [0, 0.1) is 0 Å². The Kier molecular flexibility index (Phi) is 56.9. The van der Waals surface area contributed by atoms with Crippen LogP contribution in [0.5, 0.6) is 0 Å². The summed E-state index contributed by atoms with van der Waals surface area (Å²) in [4.78, 5) is 143. The molecule has 0 aromatic carbocycles. The van der Waals surface area contributed by atoms with Gasteiger partial charge in [-0.05, 0) is 109 Å². The minimum absolute atomic E-state index is 0.0129. The summed E-state index contributed by atoms with van der Waals surface area (Å²) >= 11 is 0. The number of amides is 11. The highest BCUT2D eigenvalue weighted by molar-refractivity contribution is 5.79. The van der Waals surface area contributed by atoms with E-state index in [1.807, 2.05) is 0 Å². The number of nitrogens with one attached hydrogen (secondary N) is 11. The van der Waals surface area contributed by atoms with Gasteiger partial charge in [0, 0.05) is 139 Å². The summed E-state index contributed by atoms with van der Waals surface area (Å²) in [6.07, 6.45) is -7.07. The van der Waals surface area contributed by atoms with E-state index in [2.05, 4.69) is 58.5 Å². The first-order valence-electron chi connectivity index (χ1n) is 46.1. The summed E-state index contributed by atoms with van der Waals surface area (Å²) < 4.78 is 65.2. The van der Waals surface area contributed by atoms with Crippen molar-refractivity contribution in [3.05, 3.63) is 0 Å². The van der Waals surface area contributed by atoms with Gasteiger partial charge in [-0.1, -0.05) is 38.5 Å². The topological polar surface area (TPSA) is 627 Å². The Morgan fingerprint density at radius 3 is 1.08 bits per heavy atom. The zero-order valence-electron chi connectivity index (χ0n) is 75.8. The van der Waals surface area contributed by atoms with E-state index in [1.165, 1.54) is 27.7 Å². The Balaban J connectivity index is 1.16. The number of nitrogens with zero attached hydrogens (tertiary/aromatic N) is 1. The zero-order chi connectivity index (χ0) is 94.4. The van der Waals surface area contributed by atoms with E-state index >= 15 is 0 Å². The van der Waals surface area contributed by atoms with Crippen LogP contribution in [0.15, 0.2) is 0 Å². The predicted molar refractivity (Wildman–Crippen MR) is 459 cm³/mol. The van der Waals surface area contributed by atoms with Gasteiger partial charge in [-0.25, -0.2) is 0 Å². The molecule has 0 spiro atoms. The number of aliphatic hydroxyl groups is 10. The molecule has 5 heterocycles. The lowest BCUT2D eigenvalue weighted by Gasteiger charge is -2.46. The second kappa shape index (κ2) is 65.0. The van der Waals surface area contributed by atoms with E-state index in [4.69, 9.17) is 52.1 Å². The molecule has 129 heavy (non-hydrogen) atoms. The molecule has 44 nitrogen and oxygen atoms in total. The quantitative estimate of drug-likeness (QED) is 0.0255. The molecule has 744 valence electrons. The van der Waals surface area contributed by atoms with Crippen LogP contribution in [0.3, 0.4) is 0 Å². The molecule has 5 rings (SSSR count). The van der Waals surface area contributed by atoms with Crippen LogP contribution in [0.1, 0.15) is 207 Å². The number of methoxy groups -OCH3 is 1. The van der Waals surface area contributed by atoms with E-state index in [1.54, 1.807) is 12.0 Å². The Bertz CT molecular complexity index is 3240. The van der Waals surface area contributed by atoms with Crippen LogP contribution in [-0.2, 0) is 105 Å². The number of rotatable bonds is 67. The fourth-order valence-electron chi connectivity index (χ4n) is 15.6. The van der Waals surface area contributed by atoms with Crippen molar-refractivity contribution in [2.45, 2.75) is 342 Å². The number of carbonyl (C=O) groups excluding carboxylic acids is 11. The van der Waals surface area contributed by atoms with Crippen LogP contribution in [0.4, 0.5) is 0 Å². The first kappa shape index (κ1) is 113. The second-order valence-electron chi connectivity index (χ2n) is 33.4. The van der Waals surface area contributed by atoms with Gasteiger partial charge in [0.15, 0.2) is 25.1 Å². The Morgan fingerprint density at radius 1 is 0.333 bits per heavy atom. The maximum Gasteiger partial charge on any atom is 0.222 e. The van der Waals surface area contributed by atoms with Crippen molar-refractivity contribution >= 4 is 65.0 Å². The predicted octanol–water partition coefficient (Wildman–Crippen LogP) is -4.69. The summed E-state index contributed by atoms with van der Waals surface area (Å²) in [5, 5.41) is 133. The summed E-state index contributed by atoms with van der Waals surface area (Å²) in [7, 11) is 1.58. The van der Waals surface area contributed by atoms with Gasteiger partial charge in [-0.3, -0.25) is 52.7 Å². The second-order valence-corrected chi connectivity index (χ2v) is 33.4. The maximum absolute atomic E-state index is 14.0. The molecule has 5 aliphatic heterocycles. The molecule has 11 amide bonds. The highest BCUT2D eigenvalue weighted by Gasteiger charge is 2.51. The Labute approximate surface area is 755 Å². The number of β-amino-alcohol motifs (C(OH)–C–C–N with tert-alkyl or cyclic N) is 1. The molecule has 0 aromatic heterocycles. The third-order valence-corrected chi connectivity index (χ3v) is 22.6. The lowest BCUT2D eigenvalue weighted by Crippen LogP contribution is -2.69. The monoisotopic (exact) mass is 1850 g/mol. The van der Waals surface area contributed by atoms with Gasteiger partial charge >= 0.3 is 0 Å². The van der Waals surface area contributed by atoms with Crippen LogP contribution in [0.2, 0.25) is 0 Å². The van der Waals surface area contributed by atoms with Crippen molar-refractivity contribution in [3.63, 3.8) is 0 Å². The van der Waals surface area contributed by atoms with Gasteiger partial charge in [-0.2, -0.15) is 0 Å². The van der Waals surface area contributed by atoms with E-state index < -0.39 is 184 Å². The molecule has 0 saturated carbocycles. The molecule has 0 bridgehead atoms. The van der Waals surface area contributed by atoms with Crippen LogP contribution < -0.4 is 58.5 Å². The summed E-state index contributed by atoms with van der Waals surface area (Å²) in [6.45, 7) is 6.23. The van der Waals surface area contributed by atoms with Gasteiger partial charge in [-0.15, -0.1) is 0 Å². The van der Waals surface area contributed by atoms with Crippen molar-refractivity contribution < 1.29 is 156 Å². The summed E-state index contributed by atoms with van der Waals surface area (Å²) in [6, 6.07) is -4.51. The summed E-state index contributed by atoms with van der Waals surface area (Å²) in [5.74, 6) is -3.89. The van der Waals surface area contributed by atoms with Crippen molar-refractivity contribution in [2.24, 2.45) is 0 Å². The summed E-state index contributed by atoms with van der Waals surface area (Å²) in [5.41, 5.74) is 0. The van der Waals surface area contributed by atoms with E-state index in [0.717, 1.165) is 44.9 Å². The number of unbranched alkanes of at least 4 members (excludes halogenated alkanes) is 13. The molecule has 0 radical (unpaired) electrons.